The summed E-state index contributed by atoms with van der Waals surface area (Å²) >= 11 is 0. The number of nitrogens with zero attached hydrogens (tertiary/aromatic N) is 1. The number of hydrogen-bond donors (Lipinski definition) is 1. The molecule has 0 aromatic heterocycles. The average molecular weight is 432 g/mol. The van der Waals surface area contributed by atoms with Crippen LogP contribution < -0.4 is 0 Å². The lowest BCUT2D eigenvalue weighted by molar-refractivity contribution is -0.157. The second-order valence-corrected chi connectivity index (χ2v) is 10.5. The number of likely N-dealkylation sites (tertiary alicyclic amines) is 1. The number of rotatable bonds is 6. The third-order valence-electron chi connectivity index (χ3n) is 5.61. The Kier molecular flexibility index (Phi) is 7.56. The highest BCUT2D eigenvalue weighted by molar-refractivity contribution is 5.97. The predicted octanol–water partition coefficient (Wildman–Crippen LogP) is 4.39. The first kappa shape index (κ1) is 24.9. The minimum absolute atomic E-state index is 0.0555. The summed E-state index contributed by atoms with van der Waals surface area (Å²) in [7, 11) is 0. The molecule has 2 rings (SSSR count). The summed E-state index contributed by atoms with van der Waals surface area (Å²) in [4.78, 5) is 37.9. The molecule has 31 heavy (non-hydrogen) atoms. The standard InChI is InChI=1S/C25H37NO5/c1-8-22(29)31-17(15-26-20(27)10-9-11-21(26)28)12-16-13-18(24(2,3)4)23(30)19(14-16)25(5,6)7/h13-14,17,30H,8-12,15H2,1-7H3. The van der Waals surface area contributed by atoms with Crippen LogP contribution in [-0.2, 0) is 36.4 Å². The van der Waals surface area contributed by atoms with Crippen LogP contribution in [0.25, 0.3) is 0 Å². The number of ether oxygens (including phenoxy) is 1. The minimum atomic E-state index is -0.636. The molecular formula is C25H37NO5. The van der Waals surface area contributed by atoms with Gasteiger partial charge in [0.1, 0.15) is 11.9 Å². The SMILES string of the molecule is CCC(=O)OC(Cc1cc(C(C)(C)C)c(O)c(C(C)(C)C)c1)CN1C(=O)CCCC1=O. The van der Waals surface area contributed by atoms with Crippen LogP contribution in [0.2, 0.25) is 0 Å². The highest BCUT2D eigenvalue weighted by atomic mass is 16.5. The Morgan fingerprint density at radius 3 is 1.94 bits per heavy atom. The van der Waals surface area contributed by atoms with Crippen LogP contribution in [0, 0.1) is 0 Å². The molecule has 1 aliphatic heterocycles. The van der Waals surface area contributed by atoms with E-state index in [9.17, 15) is 19.5 Å². The molecule has 6 nitrogen and oxygen atoms in total. The number of phenols is 1. The smallest absolute Gasteiger partial charge is 0.305 e. The van der Waals surface area contributed by atoms with Gasteiger partial charge in [-0.1, -0.05) is 60.6 Å². The molecule has 1 aromatic rings. The van der Waals surface area contributed by atoms with Crippen molar-refractivity contribution in [2.24, 2.45) is 0 Å². The molecule has 1 unspecified atom stereocenters. The fraction of sp³-hybridized carbons (Fsp3) is 0.640. The number of phenolic OH excluding ortho intramolecular Hbond substituents is 1. The van der Waals surface area contributed by atoms with Crippen molar-refractivity contribution in [3.8, 4) is 5.75 Å². The van der Waals surface area contributed by atoms with Gasteiger partial charge in [0.15, 0.2) is 0 Å². The first-order chi connectivity index (χ1) is 14.2. The van der Waals surface area contributed by atoms with Crippen molar-refractivity contribution in [1.29, 1.82) is 0 Å². The summed E-state index contributed by atoms with van der Waals surface area (Å²) < 4.78 is 5.64. The number of carbonyl (C=O) groups excluding carboxylic acids is 3. The second kappa shape index (κ2) is 9.41. The van der Waals surface area contributed by atoms with E-state index >= 15 is 0 Å². The number of aromatic hydroxyl groups is 1. The van der Waals surface area contributed by atoms with E-state index in [2.05, 4.69) is 0 Å². The molecular weight excluding hydrogens is 394 g/mol. The van der Waals surface area contributed by atoms with Crippen LogP contribution >= 0.6 is 0 Å². The zero-order chi connectivity index (χ0) is 23.6. The molecule has 1 aromatic carbocycles. The largest absolute Gasteiger partial charge is 0.507 e. The van der Waals surface area contributed by atoms with E-state index in [1.807, 2.05) is 53.7 Å². The lowest BCUT2D eigenvalue weighted by Gasteiger charge is -2.31. The fourth-order valence-electron chi connectivity index (χ4n) is 3.84. The number of imide groups is 1. The van der Waals surface area contributed by atoms with Gasteiger partial charge in [0.2, 0.25) is 11.8 Å². The molecule has 0 bridgehead atoms. The number of amides is 2. The number of hydrogen-bond acceptors (Lipinski definition) is 5. The summed E-state index contributed by atoms with van der Waals surface area (Å²) in [5, 5.41) is 10.9. The maximum atomic E-state index is 12.3. The molecule has 6 heteroatoms. The molecule has 172 valence electrons. The van der Waals surface area contributed by atoms with Crippen LogP contribution in [0.4, 0.5) is 0 Å². The average Bonchev–Trinajstić information content (AvgIpc) is 2.64. The molecule has 2 amide bonds. The van der Waals surface area contributed by atoms with Gasteiger partial charge in [0.05, 0.1) is 6.54 Å². The Morgan fingerprint density at radius 1 is 1.03 bits per heavy atom. The third kappa shape index (κ3) is 6.31. The first-order valence-electron chi connectivity index (χ1n) is 11.1. The lowest BCUT2D eigenvalue weighted by atomic mass is 9.78. The van der Waals surface area contributed by atoms with Crippen LogP contribution in [0.5, 0.6) is 5.75 Å². The normalized spacial score (nSPS) is 16.4. The Labute approximate surface area is 186 Å². The zero-order valence-corrected chi connectivity index (χ0v) is 20.0. The second-order valence-electron chi connectivity index (χ2n) is 10.5. The first-order valence-corrected chi connectivity index (χ1v) is 11.1. The predicted molar refractivity (Wildman–Crippen MR) is 120 cm³/mol. The van der Waals surface area contributed by atoms with Gasteiger partial charge < -0.3 is 9.84 Å². The molecule has 0 radical (unpaired) electrons. The van der Waals surface area contributed by atoms with Crippen LogP contribution in [-0.4, -0.2) is 40.4 Å². The Bertz CT molecular complexity index is 793. The van der Waals surface area contributed by atoms with E-state index in [1.165, 1.54) is 4.90 Å². The minimum Gasteiger partial charge on any atom is -0.507 e. The maximum Gasteiger partial charge on any atom is 0.305 e. The van der Waals surface area contributed by atoms with Crippen molar-refractivity contribution in [3.63, 3.8) is 0 Å². The molecule has 0 saturated carbocycles. The zero-order valence-electron chi connectivity index (χ0n) is 20.0. The summed E-state index contributed by atoms with van der Waals surface area (Å²) in [5.41, 5.74) is 1.97. The summed E-state index contributed by atoms with van der Waals surface area (Å²) in [6.07, 6.45) is 1.17. The van der Waals surface area contributed by atoms with E-state index in [0.717, 1.165) is 16.7 Å². The van der Waals surface area contributed by atoms with E-state index in [0.29, 0.717) is 25.7 Å². The van der Waals surface area contributed by atoms with Gasteiger partial charge in [0, 0.05) is 25.7 Å². The van der Waals surface area contributed by atoms with Gasteiger partial charge in [-0.05, 0) is 33.9 Å². The highest BCUT2D eigenvalue weighted by Gasteiger charge is 2.31. The van der Waals surface area contributed by atoms with Crippen molar-refractivity contribution in [2.45, 2.75) is 97.5 Å². The number of carbonyl (C=O) groups is 3. The molecule has 1 heterocycles. The third-order valence-corrected chi connectivity index (χ3v) is 5.61. The van der Waals surface area contributed by atoms with Gasteiger partial charge in [-0.2, -0.15) is 0 Å². The van der Waals surface area contributed by atoms with Gasteiger partial charge in [-0.15, -0.1) is 0 Å². The summed E-state index contributed by atoms with van der Waals surface area (Å²) in [6.45, 7) is 14.0. The van der Waals surface area contributed by atoms with Crippen molar-refractivity contribution < 1.29 is 24.2 Å². The maximum absolute atomic E-state index is 12.3. The molecule has 1 N–H and O–H groups in total. The van der Waals surface area contributed by atoms with E-state index in [1.54, 1.807) is 6.92 Å². The Balaban J connectivity index is 2.44. The quantitative estimate of drug-likeness (QED) is 0.533. The highest BCUT2D eigenvalue weighted by Crippen LogP contribution is 2.40. The van der Waals surface area contributed by atoms with Gasteiger partial charge in [-0.25, -0.2) is 0 Å². The molecule has 0 aliphatic carbocycles. The van der Waals surface area contributed by atoms with E-state index in [-0.39, 0.29) is 47.3 Å². The van der Waals surface area contributed by atoms with Gasteiger partial charge in [0.25, 0.3) is 0 Å². The number of benzene rings is 1. The monoisotopic (exact) mass is 431 g/mol. The van der Waals surface area contributed by atoms with Crippen LogP contribution in [0.3, 0.4) is 0 Å². The Morgan fingerprint density at radius 2 is 1.52 bits per heavy atom. The van der Waals surface area contributed by atoms with Crippen molar-refractivity contribution in [2.75, 3.05) is 6.54 Å². The summed E-state index contributed by atoms with van der Waals surface area (Å²) in [5.74, 6) is -0.518. The molecule has 1 atom stereocenters. The van der Waals surface area contributed by atoms with Gasteiger partial charge in [-0.3, -0.25) is 19.3 Å². The molecule has 1 aliphatic rings. The lowest BCUT2D eigenvalue weighted by Crippen LogP contribution is -2.46. The topological polar surface area (TPSA) is 83.9 Å². The Hall–Kier alpha value is -2.37. The molecule has 1 fully saturated rings. The summed E-state index contributed by atoms with van der Waals surface area (Å²) in [6, 6.07) is 3.88. The van der Waals surface area contributed by atoms with Crippen molar-refractivity contribution in [3.05, 3.63) is 28.8 Å². The van der Waals surface area contributed by atoms with E-state index in [4.69, 9.17) is 4.74 Å². The van der Waals surface area contributed by atoms with Crippen LogP contribution in [0.1, 0.15) is 90.8 Å². The van der Waals surface area contributed by atoms with Crippen LogP contribution in [0.15, 0.2) is 12.1 Å². The van der Waals surface area contributed by atoms with Crippen molar-refractivity contribution >= 4 is 17.8 Å². The number of esters is 1. The fourth-order valence-corrected chi connectivity index (χ4v) is 3.84. The van der Waals surface area contributed by atoms with E-state index < -0.39 is 6.10 Å². The van der Waals surface area contributed by atoms with Crippen molar-refractivity contribution in [1.82, 2.24) is 4.90 Å². The molecule has 1 saturated heterocycles. The molecule has 0 spiro atoms. The van der Waals surface area contributed by atoms with Gasteiger partial charge >= 0.3 is 5.97 Å². The number of piperidine rings is 1.